The lowest BCUT2D eigenvalue weighted by Gasteiger charge is -2.21. The summed E-state index contributed by atoms with van der Waals surface area (Å²) in [7, 11) is 0. The number of nitrogens with one attached hydrogen (secondary N) is 1. The van der Waals surface area contributed by atoms with Gasteiger partial charge in [-0.2, -0.15) is 0 Å². The number of amides is 1. The van der Waals surface area contributed by atoms with E-state index in [2.05, 4.69) is 5.32 Å². The van der Waals surface area contributed by atoms with Crippen molar-refractivity contribution in [2.45, 2.75) is 71.0 Å². The highest BCUT2D eigenvalue weighted by Gasteiger charge is 2.16. The number of carbonyl (C=O) groups is 1. The number of rotatable bonds is 5. The van der Waals surface area contributed by atoms with Crippen molar-refractivity contribution in [3.05, 3.63) is 80.4 Å². The molecule has 0 atom stereocenters. The van der Waals surface area contributed by atoms with E-state index in [1.165, 1.54) is 41.2 Å². The van der Waals surface area contributed by atoms with Gasteiger partial charge in [-0.15, -0.1) is 0 Å². The second-order valence-electron chi connectivity index (χ2n) is 8.64. The zero-order valence-electron chi connectivity index (χ0n) is 18.7. The Morgan fingerprint density at radius 2 is 1.41 bits per heavy atom. The zero-order chi connectivity index (χ0) is 22.5. The van der Waals surface area contributed by atoms with E-state index < -0.39 is 11.1 Å². The molecule has 1 aliphatic carbocycles. The van der Waals surface area contributed by atoms with Crippen LogP contribution in [0.3, 0.4) is 0 Å². The largest absolute Gasteiger partial charge is 0.349 e. The molecule has 168 valence electrons. The number of fused-ring (bicyclic) bond motifs is 1. The van der Waals surface area contributed by atoms with Gasteiger partial charge >= 0.3 is 11.1 Å². The van der Waals surface area contributed by atoms with E-state index in [0.29, 0.717) is 12.1 Å². The van der Waals surface area contributed by atoms with Crippen molar-refractivity contribution in [2.24, 2.45) is 0 Å². The fourth-order valence-corrected chi connectivity index (χ4v) is 4.65. The van der Waals surface area contributed by atoms with Gasteiger partial charge in [-0.3, -0.25) is 19.0 Å². The molecule has 0 saturated heterocycles. The Kier molecular flexibility index (Phi) is 6.88. The van der Waals surface area contributed by atoms with Gasteiger partial charge in [0.15, 0.2) is 0 Å². The Morgan fingerprint density at radius 3 is 2.03 bits per heavy atom. The number of para-hydroxylation sites is 2. The summed E-state index contributed by atoms with van der Waals surface area (Å²) >= 11 is 0. The van der Waals surface area contributed by atoms with E-state index in [9.17, 15) is 14.4 Å². The third-order valence-electron chi connectivity index (χ3n) is 6.45. The molecule has 1 saturated carbocycles. The number of aryl methyl sites for hydroxylation is 1. The topological polar surface area (TPSA) is 73.1 Å². The Hall–Kier alpha value is -3.15. The molecule has 1 aliphatic rings. The molecule has 1 aromatic heterocycles. The first-order valence-corrected chi connectivity index (χ1v) is 11.7. The third-order valence-corrected chi connectivity index (χ3v) is 6.45. The molecule has 4 rings (SSSR count). The molecule has 1 fully saturated rings. The van der Waals surface area contributed by atoms with Crippen LogP contribution in [-0.4, -0.2) is 21.1 Å². The number of hydrogen-bond donors (Lipinski definition) is 1. The molecule has 1 heterocycles. The summed E-state index contributed by atoms with van der Waals surface area (Å²) in [4.78, 5) is 38.1. The van der Waals surface area contributed by atoms with Crippen LogP contribution in [0.2, 0.25) is 0 Å². The normalized spacial score (nSPS) is 15.3. The molecule has 1 N–H and O–H groups in total. The predicted octanol–water partition coefficient (Wildman–Crippen LogP) is 4.07. The maximum Gasteiger partial charge on any atom is 0.317 e. The van der Waals surface area contributed by atoms with Gasteiger partial charge in [0.05, 0.1) is 17.6 Å². The molecular formula is C26H31N3O3. The number of benzene rings is 2. The molecule has 0 radical (unpaired) electrons. The van der Waals surface area contributed by atoms with E-state index >= 15 is 0 Å². The first-order chi connectivity index (χ1) is 15.6. The highest BCUT2D eigenvalue weighted by molar-refractivity contribution is 5.94. The molecular weight excluding hydrogens is 402 g/mol. The van der Waals surface area contributed by atoms with E-state index in [1.54, 1.807) is 12.1 Å². The van der Waals surface area contributed by atoms with Crippen molar-refractivity contribution in [2.75, 3.05) is 0 Å². The van der Waals surface area contributed by atoms with Gasteiger partial charge in [0.25, 0.3) is 5.91 Å². The van der Waals surface area contributed by atoms with Gasteiger partial charge in [0, 0.05) is 18.2 Å². The molecule has 2 aromatic carbocycles. The van der Waals surface area contributed by atoms with E-state index in [0.717, 1.165) is 29.4 Å². The first kappa shape index (κ1) is 22.1. The van der Waals surface area contributed by atoms with Crippen LogP contribution in [0, 0.1) is 0 Å². The van der Waals surface area contributed by atoms with Crippen molar-refractivity contribution in [3.8, 4) is 0 Å². The molecule has 0 unspecified atom stereocenters. The minimum Gasteiger partial charge on any atom is -0.349 e. The summed E-state index contributed by atoms with van der Waals surface area (Å²) in [5.74, 6) is -0.0460. The molecule has 0 spiro atoms. The summed E-state index contributed by atoms with van der Waals surface area (Å²) in [6.07, 6.45) is 8.23. The molecule has 0 aliphatic heterocycles. The van der Waals surface area contributed by atoms with Gasteiger partial charge in [-0.05, 0) is 49.6 Å². The lowest BCUT2D eigenvalue weighted by atomic mass is 9.96. The van der Waals surface area contributed by atoms with Gasteiger partial charge < -0.3 is 9.88 Å². The fraction of sp³-hybridized carbons (Fsp3) is 0.423. The zero-order valence-corrected chi connectivity index (χ0v) is 18.7. The highest BCUT2D eigenvalue weighted by atomic mass is 16.2. The van der Waals surface area contributed by atoms with Gasteiger partial charge in [-0.1, -0.05) is 56.4 Å². The van der Waals surface area contributed by atoms with Crippen molar-refractivity contribution < 1.29 is 4.79 Å². The second kappa shape index (κ2) is 9.98. The molecule has 1 amide bonds. The standard InChI is InChI=1S/C26H31N3O3/c1-2-28-22-12-8-9-13-23(22)29(26(32)25(28)31)18-19-14-16-20(17-15-19)24(30)27-21-10-6-4-3-5-7-11-21/h8-9,12-17,21H,2-7,10-11,18H2,1H3,(H,27,30). The van der Waals surface area contributed by atoms with Crippen molar-refractivity contribution in [1.82, 2.24) is 14.5 Å². The van der Waals surface area contributed by atoms with Crippen LogP contribution in [0.25, 0.3) is 11.0 Å². The summed E-state index contributed by atoms with van der Waals surface area (Å²) < 4.78 is 3.03. The van der Waals surface area contributed by atoms with Crippen LogP contribution >= 0.6 is 0 Å². The number of nitrogens with zero attached hydrogens (tertiary/aromatic N) is 2. The van der Waals surface area contributed by atoms with Crippen LogP contribution in [0.1, 0.15) is 67.8 Å². The van der Waals surface area contributed by atoms with E-state index in [-0.39, 0.29) is 18.5 Å². The summed E-state index contributed by atoms with van der Waals surface area (Å²) in [5, 5.41) is 3.19. The third kappa shape index (κ3) is 4.69. The SMILES string of the molecule is CCn1c(=O)c(=O)n(Cc2ccc(C(=O)NC3CCCCCCC3)cc2)c2ccccc21. The van der Waals surface area contributed by atoms with Crippen LogP contribution in [-0.2, 0) is 13.1 Å². The quantitative estimate of drug-likeness (QED) is 0.617. The molecule has 6 heteroatoms. The van der Waals surface area contributed by atoms with Crippen LogP contribution in [0.4, 0.5) is 0 Å². The lowest BCUT2D eigenvalue weighted by Crippen LogP contribution is -2.41. The smallest absolute Gasteiger partial charge is 0.317 e. The molecule has 32 heavy (non-hydrogen) atoms. The Balaban J connectivity index is 1.54. The lowest BCUT2D eigenvalue weighted by molar-refractivity contribution is 0.0930. The maximum atomic E-state index is 12.8. The van der Waals surface area contributed by atoms with E-state index in [1.807, 2.05) is 43.3 Å². The summed E-state index contributed by atoms with van der Waals surface area (Å²) in [6, 6.07) is 15.0. The number of hydrogen-bond acceptors (Lipinski definition) is 3. The minimum absolute atomic E-state index is 0.0460. The first-order valence-electron chi connectivity index (χ1n) is 11.7. The minimum atomic E-state index is -0.531. The monoisotopic (exact) mass is 433 g/mol. The van der Waals surface area contributed by atoms with E-state index in [4.69, 9.17) is 0 Å². The second-order valence-corrected chi connectivity index (χ2v) is 8.64. The average Bonchev–Trinajstić information content (AvgIpc) is 2.79. The number of aromatic nitrogens is 2. The van der Waals surface area contributed by atoms with Gasteiger partial charge in [-0.25, -0.2) is 0 Å². The van der Waals surface area contributed by atoms with Crippen molar-refractivity contribution in [1.29, 1.82) is 0 Å². The highest BCUT2D eigenvalue weighted by Crippen LogP contribution is 2.18. The fourth-order valence-electron chi connectivity index (χ4n) is 4.65. The van der Waals surface area contributed by atoms with Crippen LogP contribution in [0.15, 0.2) is 58.1 Å². The van der Waals surface area contributed by atoms with Crippen LogP contribution in [0.5, 0.6) is 0 Å². The molecule has 6 nitrogen and oxygen atoms in total. The van der Waals surface area contributed by atoms with Crippen molar-refractivity contribution >= 4 is 16.9 Å². The van der Waals surface area contributed by atoms with Gasteiger partial charge in [0.2, 0.25) is 0 Å². The van der Waals surface area contributed by atoms with Crippen molar-refractivity contribution in [3.63, 3.8) is 0 Å². The molecule has 0 bridgehead atoms. The summed E-state index contributed by atoms with van der Waals surface area (Å²) in [5.41, 5.74) is 1.92. The Morgan fingerprint density at radius 1 is 0.844 bits per heavy atom. The van der Waals surface area contributed by atoms with Gasteiger partial charge in [0.1, 0.15) is 0 Å². The number of carbonyl (C=O) groups excluding carboxylic acids is 1. The maximum absolute atomic E-state index is 12.8. The van der Waals surface area contributed by atoms with Crippen LogP contribution < -0.4 is 16.4 Å². The predicted molar refractivity (Wildman–Crippen MR) is 127 cm³/mol. The average molecular weight is 434 g/mol. The summed E-state index contributed by atoms with van der Waals surface area (Å²) in [6.45, 7) is 2.59. The molecule has 3 aromatic rings. The Labute approximate surface area is 187 Å². The Bertz CT molecular complexity index is 1200.